The highest BCUT2D eigenvalue weighted by Crippen LogP contribution is 2.28. The molecule has 1 aromatic carbocycles. The molecular formula is C12H12N2O3S. The Labute approximate surface area is 108 Å². The molecule has 2 aromatic rings. The van der Waals surface area contributed by atoms with Crippen LogP contribution in [0.5, 0.6) is 0 Å². The second-order valence-electron chi connectivity index (χ2n) is 3.89. The number of benzene rings is 1. The Morgan fingerprint density at radius 2 is 2.00 bits per heavy atom. The summed E-state index contributed by atoms with van der Waals surface area (Å²) in [7, 11) is 0. The molecule has 0 saturated heterocycles. The molecular weight excluding hydrogens is 252 g/mol. The van der Waals surface area contributed by atoms with Crippen molar-refractivity contribution in [1.82, 2.24) is 4.98 Å². The molecule has 0 radical (unpaired) electrons. The lowest BCUT2D eigenvalue weighted by Crippen LogP contribution is -1.99. The van der Waals surface area contributed by atoms with Crippen LogP contribution < -0.4 is 0 Å². The Morgan fingerprint density at radius 3 is 2.61 bits per heavy atom. The second kappa shape index (κ2) is 5.14. The minimum Gasteiger partial charge on any atom is -0.308 e. The molecule has 6 heteroatoms. The minimum atomic E-state index is -0.787. The first-order chi connectivity index (χ1) is 8.56. The normalized spacial score (nSPS) is 10.3. The molecule has 0 bridgehead atoms. The number of thiazole rings is 1. The van der Waals surface area contributed by atoms with Crippen LogP contribution in [-0.2, 0) is 11.4 Å². The standard InChI is InChI=1S/C12H12N2O3S/c1-8-3-5-10(6-4-8)12-13-9(2)11(18-12)7-17-14(15)16/h3-6H,7H2,1-2H3. The molecule has 0 N–H and O–H groups in total. The Kier molecular flexibility index (Phi) is 3.57. The average molecular weight is 264 g/mol. The average Bonchev–Trinajstić information content (AvgIpc) is 2.69. The van der Waals surface area contributed by atoms with Gasteiger partial charge in [-0.15, -0.1) is 21.5 Å². The van der Waals surface area contributed by atoms with Crippen molar-refractivity contribution in [1.29, 1.82) is 0 Å². The molecule has 18 heavy (non-hydrogen) atoms. The number of aryl methyl sites for hydroxylation is 2. The predicted octanol–water partition coefficient (Wildman–Crippen LogP) is 3.14. The molecule has 1 heterocycles. The summed E-state index contributed by atoms with van der Waals surface area (Å²) in [5, 5.41) is 10.2. The fourth-order valence-electron chi connectivity index (χ4n) is 1.49. The van der Waals surface area contributed by atoms with E-state index in [-0.39, 0.29) is 6.61 Å². The minimum absolute atomic E-state index is 0.0393. The van der Waals surface area contributed by atoms with E-state index in [0.717, 1.165) is 21.1 Å². The SMILES string of the molecule is Cc1ccc(-c2nc(C)c(CO[N+](=O)[O-])s2)cc1. The predicted molar refractivity (Wildman–Crippen MR) is 68.8 cm³/mol. The molecule has 0 saturated carbocycles. The third-order valence-corrected chi connectivity index (χ3v) is 3.67. The van der Waals surface area contributed by atoms with Crippen LogP contribution in [0.4, 0.5) is 0 Å². The summed E-state index contributed by atoms with van der Waals surface area (Å²) >= 11 is 1.42. The van der Waals surface area contributed by atoms with E-state index in [2.05, 4.69) is 9.82 Å². The molecule has 0 unspecified atom stereocenters. The summed E-state index contributed by atoms with van der Waals surface area (Å²) < 4.78 is 0. The topological polar surface area (TPSA) is 65.3 Å². The molecule has 5 nitrogen and oxygen atoms in total. The van der Waals surface area contributed by atoms with E-state index >= 15 is 0 Å². The molecule has 0 aliphatic heterocycles. The number of aromatic nitrogens is 1. The molecule has 0 fully saturated rings. The van der Waals surface area contributed by atoms with Gasteiger partial charge >= 0.3 is 0 Å². The van der Waals surface area contributed by atoms with Crippen molar-refractivity contribution in [2.75, 3.05) is 0 Å². The summed E-state index contributed by atoms with van der Waals surface area (Å²) in [6.45, 7) is 3.81. The van der Waals surface area contributed by atoms with E-state index in [0.29, 0.717) is 0 Å². The summed E-state index contributed by atoms with van der Waals surface area (Å²) in [5.74, 6) is 0. The number of nitrogens with zero attached hydrogens (tertiary/aromatic N) is 2. The van der Waals surface area contributed by atoms with Crippen molar-refractivity contribution in [2.45, 2.75) is 20.5 Å². The quantitative estimate of drug-likeness (QED) is 0.628. The Hall–Kier alpha value is -1.95. The molecule has 0 aliphatic carbocycles. The molecule has 2 rings (SSSR count). The van der Waals surface area contributed by atoms with Crippen molar-refractivity contribution in [2.24, 2.45) is 0 Å². The van der Waals surface area contributed by atoms with Crippen LogP contribution in [0.15, 0.2) is 24.3 Å². The Balaban J connectivity index is 2.22. The molecule has 1 aromatic heterocycles. The maximum atomic E-state index is 10.2. The maximum Gasteiger partial charge on any atom is 0.294 e. The van der Waals surface area contributed by atoms with Crippen LogP contribution >= 0.6 is 11.3 Å². The van der Waals surface area contributed by atoms with E-state index in [1.807, 2.05) is 38.1 Å². The van der Waals surface area contributed by atoms with Gasteiger partial charge in [0.15, 0.2) is 0 Å². The van der Waals surface area contributed by atoms with Crippen molar-refractivity contribution in [3.05, 3.63) is 50.5 Å². The van der Waals surface area contributed by atoms with Gasteiger partial charge in [-0.2, -0.15) is 0 Å². The summed E-state index contributed by atoms with van der Waals surface area (Å²) in [6, 6.07) is 8.01. The van der Waals surface area contributed by atoms with Gasteiger partial charge in [-0.1, -0.05) is 29.8 Å². The van der Waals surface area contributed by atoms with Crippen molar-refractivity contribution in [3.8, 4) is 10.6 Å². The highest BCUT2D eigenvalue weighted by atomic mass is 32.1. The first kappa shape index (κ1) is 12.5. The van der Waals surface area contributed by atoms with E-state index in [1.165, 1.54) is 16.9 Å². The second-order valence-corrected chi connectivity index (χ2v) is 4.97. The van der Waals surface area contributed by atoms with Crippen molar-refractivity contribution in [3.63, 3.8) is 0 Å². The third kappa shape index (κ3) is 2.84. The Bertz CT molecular complexity index is 563. The van der Waals surface area contributed by atoms with Crippen molar-refractivity contribution < 1.29 is 9.92 Å². The first-order valence-electron chi connectivity index (χ1n) is 5.37. The van der Waals surface area contributed by atoms with Gasteiger partial charge in [-0.25, -0.2) is 4.98 Å². The van der Waals surface area contributed by atoms with Crippen LogP contribution in [0, 0.1) is 24.0 Å². The van der Waals surface area contributed by atoms with Gasteiger partial charge in [-0.3, -0.25) is 0 Å². The van der Waals surface area contributed by atoms with E-state index < -0.39 is 5.09 Å². The fraction of sp³-hybridized carbons (Fsp3) is 0.250. The monoisotopic (exact) mass is 264 g/mol. The lowest BCUT2D eigenvalue weighted by Gasteiger charge is -1.96. The van der Waals surface area contributed by atoms with E-state index in [1.54, 1.807) is 0 Å². The van der Waals surface area contributed by atoms with Crippen LogP contribution in [-0.4, -0.2) is 10.1 Å². The highest BCUT2D eigenvalue weighted by molar-refractivity contribution is 7.15. The van der Waals surface area contributed by atoms with Crippen LogP contribution in [0.3, 0.4) is 0 Å². The van der Waals surface area contributed by atoms with Crippen LogP contribution in [0.1, 0.15) is 16.1 Å². The number of rotatable bonds is 4. The number of hydrogen-bond acceptors (Lipinski definition) is 5. The Morgan fingerprint density at radius 1 is 1.33 bits per heavy atom. The van der Waals surface area contributed by atoms with Gasteiger partial charge in [0, 0.05) is 5.56 Å². The van der Waals surface area contributed by atoms with Gasteiger partial charge in [0.05, 0.1) is 10.6 Å². The van der Waals surface area contributed by atoms with Crippen LogP contribution in [0.25, 0.3) is 10.6 Å². The summed E-state index contributed by atoms with van der Waals surface area (Å²) in [6.07, 6.45) is 0. The lowest BCUT2D eigenvalue weighted by molar-refractivity contribution is -0.762. The van der Waals surface area contributed by atoms with Gasteiger partial charge in [-0.05, 0) is 13.8 Å². The van der Waals surface area contributed by atoms with Gasteiger partial charge in [0.2, 0.25) is 0 Å². The number of hydrogen-bond donors (Lipinski definition) is 0. The smallest absolute Gasteiger partial charge is 0.294 e. The first-order valence-corrected chi connectivity index (χ1v) is 6.18. The van der Waals surface area contributed by atoms with Gasteiger partial charge in [0.25, 0.3) is 5.09 Å². The van der Waals surface area contributed by atoms with Crippen molar-refractivity contribution >= 4 is 11.3 Å². The molecule has 0 atom stereocenters. The molecule has 0 aliphatic rings. The zero-order valence-electron chi connectivity index (χ0n) is 10.0. The lowest BCUT2D eigenvalue weighted by atomic mass is 10.2. The molecule has 94 valence electrons. The maximum absolute atomic E-state index is 10.2. The van der Waals surface area contributed by atoms with Crippen LogP contribution in [0.2, 0.25) is 0 Å². The fourth-order valence-corrected chi connectivity index (χ4v) is 2.47. The van der Waals surface area contributed by atoms with Gasteiger partial charge < -0.3 is 4.84 Å². The summed E-state index contributed by atoms with van der Waals surface area (Å²) in [4.78, 5) is 19.7. The zero-order valence-corrected chi connectivity index (χ0v) is 10.9. The molecule has 0 spiro atoms. The third-order valence-electron chi connectivity index (χ3n) is 2.49. The highest BCUT2D eigenvalue weighted by Gasteiger charge is 2.10. The largest absolute Gasteiger partial charge is 0.308 e. The molecule has 0 amide bonds. The zero-order chi connectivity index (χ0) is 13.1. The van der Waals surface area contributed by atoms with E-state index in [4.69, 9.17) is 0 Å². The summed E-state index contributed by atoms with van der Waals surface area (Å²) in [5.41, 5.74) is 2.97. The van der Waals surface area contributed by atoms with E-state index in [9.17, 15) is 10.1 Å². The van der Waals surface area contributed by atoms with Gasteiger partial charge in [0.1, 0.15) is 11.6 Å².